The van der Waals surface area contributed by atoms with Crippen LogP contribution in [0.1, 0.15) is 11.1 Å². The molecule has 0 aromatic heterocycles. The molecule has 0 saturated carbocycles. The summed E-state index contributed by atoms with van der Waals surface area (Å²) in [5.74, 6) is -1.91. The summed E-state index contributed by atoms with van der Waals surface area (Å²) in [7, 11) is -3.66. The maximum Gasteiger partial charge on any atom is 0.321 e. The second-order valence-electron chi connectivity index (χ2n) is 4.00. The van der Waals surface area contributed by atoms with E-state index in [1.165, 1.54) is 6.07 Å². The van der Waals surface area contributed by atoms with Gasteiger partial charge in [-0.1, -0.05) is 17.7 Å². The average molecular weight is 257 g/mol. The number of benzene rings is 1. The first-order valence-corrected chi connectivity index (χ1v) is 6.67. The quantitative estimate of drug-likeness (QED) is 0.818. The predicted molar refractivity (Wildman–Crippen MR) is 63.6 cm³/mol. The average Bonchev–Trinajstić information content (AvgIpc) is 2.15. The monoisotopic (exact) mass is 257 g/mol. The van der Waals surface area contributed by atoms with E-state index in [0.717, 1.165) is 5.56 Å². The zero-order valence-corrected chi connectivity index (χ0v) is 10.5. The van der Waals surface area contributed by atoms with Gasteiger partial charge in [-0.05, 0) is 25.5 Å². The summed E-state index contributed by atoms with van der Waals surface area (Å²) in [6.45, 7) is 3.53. The first kappa shape index (κ1) is 13.7. The van der Waals surface area contributed by atoms with Crippen LogP contribution in [0.2, 0.25) is 0 Å². The molecule has 0 heterocycles. The molecule has 0 aliphatic heterocycles. The number of carbonyl (C=O) groups is 1. The minimum absolute atomic E-state index is 0.139. The first-order chi connectivity index (χ1) is 7.74. The van der Waals surface area contributed by atoms with Gasteiger partial charge in [0.2, 0.25) is 0 Å². The number of aryl methyl sites for hydroxylation is 2. The van der Waals surface area contributed by atoms with Crippen molar-refractivity contribution in [2.45, 2.75) is 24.8 Å². The normalized spacial score (nSPS) is 13.4. The zero-order valence-electron chi connectivity index (χ0n) is 9.67. The third-order valence-electron chi connectivity index (χ3n) is 2.38. The molecule has 1 atom stereocenters. The van der Waals surface area contributed by atoms with Crippen molar-refractivity contribution in [1.29, 1.82) is 0 Å². The summed E-state index contributed by atoms with van der Waals surface area (Å²) in [4.78, 5) is 10.7. The third-order valence-corrected chi connectivity index (χ3v) is 4.31. The largest absolute Gasteiger partial charge is 0.480 e. The van der Waals surface area contributed by atoms with Gasteiger partial charge < -0.3 is 10.8 Å². The smallest absolute Gasteiger partial charge is 0.321 e. The van der Waals surface area contributed by atoms with E-state index in [0.29, 0.717) is 5.56 Å². The lowest BCUT2D eigenvalue weighted by molar-refractivity contribution is -0.137. The first-order valence-electron chi connectivity index (χ1n) is 5.02. The van der Waals surface area contributed by atoms with Crippen LogP contribution in [0.3, 0.4) is 0 Å². The van der Waals surface area contributed by atoms with Crippen LogP contribution in [-0.2, 0) is 14.6 Å². The summed E-state index contributed by atoms with van der Waals surface area (Å²) in [6.07, 6.45) is 0. The van der Waals surface area contributed by atoms with E-state index in [9.17, 15) is 13.2 Å². The number of nitrogens with two attached hydrogens (primary N) is 1. The Balaban J connectivity index is 3.10. The van der Waals surface area contributed by atoms with E-state index < -0.39 is 27.6 Å². The Hall–Kier alpha value is -1.40. The molecule has 5 nitrogen and oxygen atoms in total. The Morgan fingerprint density at radius 1 is 1.41 bits per heavy atom. The molecule has 1 unspecified atom stereocenters. The van der Waals surface area contributed by atoms with Gasteiger partial charge >= 0.3 is 5.97 Å². The lowest BCUT2D eigenvalue weighted by Crippen LogP contribution is -2.37. The van der Waals surface area contributed by atoms with Gasteiger partial charge in [0.05, 0.1) is 10.6 Å². The molecular weight excluding hydrogens is 242 g/mol. The highest BCUT2D eigenvalue weighted by Crippen LogP contribution is 2.18. The van der Waals surface area contributed by atoms with Crippen LogP contribution in [0.25, 0.3) is 0 Å². The molecule has 0 radical (unpaired) electrons. The second kappa shape index (κ2) is 4.85. The highest BCUT2D eigenvalue weighted by Gasteiger charge is 2.24. The van der Waals surface area contributed by atoms with Gasteiger partial charge in [0.25, 0.3) is 0 Å². The van der Waals surface area contributed by atoms with Crippen molar-refractivity contribution < 1.29 is 18.3 Å². The fourth-order valence-corrected chi connectivity index (χ4v) is 3.17. The highest BCUT2D eigenvalue weighted by atomic mass is 32.2. The van der Waals surface area contributed by atoms with Crippen LogP contribution in [0.15, 0.2) is 23.1 Å². The summed E-state index contributed by atoms with van der Waals surface area (Å²) in [6, 6.07) is 3.49. The topological polar surface area (TPSA) is 97.5 Å². The van der Waals surface area contributed by atoms with Gasteiger partial charge in [0.1, 0.15) is 6.04 Å². The molecule has 0 fully saturated rings. The highest BCUT2D eigenvalue weighted by molar-refractivity contribution is 7.91. The van der Waals surface area contributed by atoms with E-state index >= 15 is 0 Å². The fourth-order valence-electron chi connectivity index (χ4n) is 1.55. The van der Waals surface area contributed by atoms with Gasteiger partial charge in [-0.3, -0.25) is 4.79 Å². The number of hydrogen-bond acceptors (Lipinski definition) is 4. The number of carboxylic acid groups (broad SMARTS) is 1. The number of aliphatic carboxylic acids is 1. The summed E-state index contributed by atoms with van der Waals surface area (Å²) >= 11 is 0. The van der Waals surface area contributed by atoms with Crippen molar-refractivity contribution in [2.24, 2.45) is 5.73 Å². The van der Waals surface area contributed by atoms with E-state index in [-0.39, 0.29) is 4.90 Å². The van der Waals surface area contributed by atoms with Crippen molar-refractivity contribution in [3.05, 3.63) is 29.3 Å². The molecule has 0 amide bonds. The summed E-state index contributed by atoms with van der Waals surface area (Å²) in [5, 5.41) is 8.62. The molecule has 0 aliphatic rings. The molecule has 94 valence electrons. The fraction of sp³-hybridized carbons (Fsp3) is 0.364. The summed E-state index contributed by atoms with van der Waals surface area (Å²) < 4.78 is 23.9. The van der Waals surface area contributed by atoms with Gasteiger partial charge in [-0.25, -0.2) is 8.42 Å². The van der Waals surface area contributed by atoms with Crippen molar-refractivity contribution >= 4 is 15.8 Å². The SMILES string of the molecule is Cc1ccc(S(=O)(=O)CC(N)C(=O)O)c(C)c1. The minimum atomic E-state index is -3.66. The Labute approximate surface area is 100 Å². The Kier molecular flexibility index (Phi) is 3.90. The number of rotatable bonds is 4. The Morgan fingerprint density at radius 2 is 2.00 bits per heavy atom. The molecule has 0 bridgehead atoms. The molecule has 1 aromatic rings. The maximum absolute atomic E-state index is 11.9. The molecule has 17 heavy (non-hydrogen) atoms. The van der Waals surface area contributed by atoms with Gasteiger partial charge in [0.15, 0.2) is 9.84 Å². The van der Waals surface area contributed by atoms with Crippen LogP contribution < -0.4 is 5.73 Å². The van der Waals surface area contributed by atoms with Crippen molar-refractivity contribution in [1.82, 2.24) is 0 Å². The van der Waals surface area contributed by atoms with E-state index in [1.54, 1.807) is 19.1 Å². The van der Waals surface area contributed by atoms with E-state index in [2.05, 4.69) is 0 Å². The zero-order chi connectivity index (χ0) is 13.2. The molecule has 6 heteroatoms. The van der Waals surface area contributed by atoms with Crippen molar-refractivity contribution in [3.63, 3.8) is 0 Å². The van der Waals surface area contributed by atoms with Gasteiger partial charge in [-0.15, -0.1) is 0 Å². The van der Waals surface area contributed by atoms with Gasteiger partial charge in [0, 0.05) is 0 Å². The minimum Gasteiger partial charge on any atom is -0.480 e. The number of sulfone groups is 1. The van der Waals surface area contributed by atoms with Crippen LogP contribution in [0, 0.1) is 13.8 Å². The molecule has 0 spiro atoms. The molecule has 0 saturated heterocycles. The standard InChI is InChI=1S/C11H15NO4S/c1-7-3-4-10(8(2)5-7)17(15,16)6-9(12)11(13)14/h3-5,9H,6,12H2,1-2H3,(H,13,14). The van der Waals surface area contributed by atoms with E-state index in [1.807, 2.05) is 6.92 Å². The molecule has 0 aliphatic carbocycles. The van der Waals surface area contributed by atoms with Crippen LogP contribution in [-0.4, -0.2) is 31.3 Å². The molecule has 3 N–H and O–H groups in total. The Morgan fingerprint density at radius 3 is 2.47 bits per heavy atom. The van der Waals surface area contributed by atoms with Crippen molar-refractivity contribution in [2.75, 3.05) is 5.75 Å². The third kappa shape index (κ3) is 3.28. The maximum atomic E-state index is 11.9. The van der Waals surface area contributed by atoms with Crippen LogP contribution in [0.5, 0.6) is 0 Å². The molecule has 1 rings (SSSR count). The molecular formula is C11H15NO4S. The molecule has 1 aromatic carbocycles. The number of carboxylic acids is 1. The van der Waals surface area contributed by atoms with Crippen LogP contribution in [0.4, 0.5) is 0 Å². The summed E-state index contributed by atoms with van der Waals surface area (Å²) in [5.41, 5.74) is 6.79. The van der Waals surface area contributed by atoms with Gasteiger partial charge in [-0.2, -0.15) is 0 Å². The Bertz CT molecular complexity index is 536. The van der Waals surface area contributed by atoms with E-state index in [4.69, 9.17) is 10.8 Å². The predicted octanol–water partition coefficient (Wildman–Crippen LogP) is 0.489. The van der Waals surface area contributed by atoms with Crippen LogP contribution >= 0.6 is 0 Å². The lowest BCUT2D eigenvalue weighted by Gasteiger charge is -2.10. The van der Waals surface area contributed by atoms with Crippen molar-refractivity contribution in [3.8, 4) is 0 Å². The number of hydrogen-bond donors (Lipinski definition) is 2. The lowest BCUT2D eigenvalue weighted by atomic mass is 10.2. The second-order valence-corrected chi connectivity index (χ2v) is 6.00.